The van der Waals surface area contributed by atoms with Gasteiger partial charge in [0.2, 0.25) is 0 Å². The Kier molecular flexibility index (Phi) is 4.83. The van der Waals surface area contributed by atoms with E-state index in [0.29, 0.717) is 5.25 Å². The maximum absolute atomic E-state index is 9.54. The normalized spacial score (nSPS) is 16.2. The van der Waals surface area contributed by atoms with Crippen molar-refractivity contribution in [3.63, 3.8) is 0 Å². The van der Waals surface area contributed by atoms with Gasteiger partial charge in [0.25, 0.3) is 0 Å². The van der Waals surface area contributed by atoms with Crippen LogP contribution in [0.2, 0.25) is 0 Å². The second-order valence-electron chi connectivity index (χ2n) is 5.09. The summed E-state index contributed by atoms with van der Waals surface area (Å²) in [6.07, 6.45) is 0.670. The van der Waals surface area contributed by atoms with Crippen molar-refractivity contribution in [1.82, 2.24) is 4.98 Å². The summed E-state index contributed by atoms with van der Waals surface area (Å²) in [5.74, 6) is 0. The van der Waals surface area contributed by atoms with E-state index in [9.17, 15) is 5.11 Å². The zero-order chi connectivity index (χ0) is 13.8. The number of para-hydroxylation sites is 1. The van der Waals surface area contributed by atoms with Gasteiger partial charge >= 0.3 is 0 Å². The highest BCUT2D eigenvalue weighted by Crippen LogP contribution is 2.23. The largest absolute Gasteiger partial charge is 0.392 e. The Morgan fingerprint density at radius 3 is 2.58 bits per heavy atom. The topological polar surface area (TPSA) is 33.1 Å². The van der Waals surface area contributed by atoms with Crippen LogP contribution in [0.1, 0.15) is 26.5 Å². The molecule has 0 saturated heterocycles. The predicted molar refractivity (Wildman–Crippen MR) is 83.6 cm³/mol. The van der Waals surface area contributed by atoms with Gasteiger partial charge in [0, 0.05) is 28.0 Å². The van der Waals surface area contributed by atoms with Gasteiger partial charge in [-0.2, -0.15) is 11.8 Å². The summed E-state index contributed by atoms with van der Waals surface area (Å²) in [4.78, 5) is 4.69. The van der Waals surface area contributed by atoms with Crippen LogP contribution in [-0.2, 0) is 6.42 Å². The van der Waals surface area contributed by atoms with Crippen molar-refractivity contribution in [2.75, 3.05) is 0 Å². The first-order valence-electron chi connectivity index (χ1n) is 6.74. The summed E-state index contributed by atoms with van der Waals surface area (Å²) >= 11 is 1.82. The number of hydrogen-bond acceptors (Lipinski definition) is 3. The van der Waals surface area contributed by atoms with Crippen LogP contribution in [0.5, 0.6) is 0 Å². The van der Waals surface area contributed by atoms with E-state index in [1.54, 1.807) is 0 Å². The number of pyridine rings is 1. The molecule has 0 aliphatic heterocycles. The molecule has 1 N–H and O–H groups in total. The van der Waals surface area contributed by atoms with Gasteiger partial charge in [0.1, 0.15) is 0 Å². The SMILES string of the molecule is C[C@H](Cc1ccc2ccccc2n1)S[C@@H](C)[C@@H](C)O. The molecule has 0 amide bonds. The standard InChI is InChI=1S/C16H21NOS/c1-11(19-13(3)12(2)18)10-15-9-8-14-6-4-5-7-16(14)17-15/h4-9,11-13,18H,10H2,1-3H3/t11-,12-,13+/m1/s1. The van der Waals surface area contributed by atoms with Gasteiger partial charge < -0.3 is 5.11 Å². The van der Waals surface area contributed by atoms with Crippen molar-refractivity contribution in [2.24, 2.45) is 0 Å². The molecule has 0 radical (unpaired) electrons. The molecule has 3 atom stereocenters. The lowest BCUT2D eigenvalue weighted by Crippen LogP contribution is -2.19. The molecule has 102 valence electrons. The number of aromatic nitrogens is 1. The molecule has 2 nitrogen and oxygen atoms in total. The van der Waals surface area contributed by atoms with Crippen molar-refractivity contribution >= 4 is 22.7 Å². The minimum atomic E-state index is -0.267. The molecule has 0 spiro atoms. The number of fused-ring (bicyclic) bond motifs is 1. The number of benzene rings is 1. The molecule has 2 rings (SSSR count). The van der Waals surface area contributed by atoms with Crippen molar-refractivity contribution in [3.05, 3.63) is 42.1 Å². The van der Waals surface area contributed by atoms with Crippen molar-refractivity contribution in [1.29, 1.82) is 0 Å². The summed E-state index contributed by atoms with van der Waals surface area (Å²) in [5, 5.41) is 11.4. The predicted octanol–water partition coefficient (Wildman–Crippen LogP) is 3.67. The van der Waals surface area contributed by atoms with Crippen LogP contribution in [0.15, 0.2) is 36.4 Å². The Morgan fingerprint density at radius 1 is 1.11 bits per heavy atom. The lowest BCUT2D eigenvalue weighted by Gasteiger charge is -2.19. The van der Waals surface area contributed by atoms with E-state index >= 15 is 0 Å². The molecule has 1 aromatic heterocycles. The van der Waals surface area contributed by atoms with Crippen LogP contribution in [0.25, 0.3) is 10.9 Å². The lowest BCUT2D eigenvalue weighted by atomic mass is 10.1. The summed E-state index contributed by atoms with van der Waals surface area (Å²) in [7, 11) is 0. The van der Waals surface area contributed by atoms with E-state index in [4.69, 9.17) is 4.98 Å². The van der Waals surface area contributed by atoms with E-state index in [1.165, 1.54) is 5.39 Å². The van der Waals surface area contributed by atoms with E-state index < -0.39 is 0 Å². The number of rotatable bonds is 5. The van der Waals surface area contributed by atoms with Gasteiger partial charge in [-0.25, -0.2) is 0 Å². The number of thioether (sulfide) groups is 1. The van der Waals surface area contributed by atoms with Gasteiger partial charge in [0.15, 0.2) is 0 Å². The summed E-state index contributed by atoms with van der Waals surface area (Å²) in [6, 6.07) is 12.4. The first kappa shape index (κ1) is 14.4. The zero-order valence-electron chi connectivity index (χ0n) is 11.7. The lowest BCUT2D eigenvalue weighted by molar-refractivity contribution is 0.196. The zero-order valence-corrected chi connectivity index (χ0v) is 12.5. The molecule has 2 aromatic rings. The molecule has 0 unspecified atom stereocenters. The van der Waals surface area contributed by atoms with Gasteiger partial charge in [-0.15, -0.1) is 0 Å². The summed E-state index contributed by atoms with van der Waals surface area (Å²) in [5.41, 5.74) is 2.18. The third-order valence-corrected chi connectivity index (χ3v) is 4.73. The highest BCUT2D eigenvalue weighted by molar-refractivity contribution is 8.00. The number of aliphatic hydroxyl groups excluding tert-OH is 1. The first-order valence-corrected chi connectivity index (χ1v) is 7.68. The molecule has 0 aliphatic carbocycles. The van der Waals surface area contributed by atoms with Crippen molar-refractivity contribution in [2.45, 2.75) is 43.8 Å². The highest BCUT2D eigenvalue weighted by atomic mass is 32.2. The molecular formula is C16H21NOS. The van der Waals surface area contributed by atoms with Gasteiger partial charge in [0.05, 0.1) is 11.6 Å². The molecule has 0 saturated carbocycles. The fourth-order valence-corrected chi connectivity index (χ4v) is 3.27. The fraction of sp³-hybridized carbons (Fsp3) is 0.438. The van der Waals surface area contributed by atoms with Crippen LogP contribution in [-0.4, -0.2) is 26.7 Å². The van der Waals surface area contributed by atoms with Gasteiger partial charge in [-0.1, -0.05) is 38.1 Å². The van der Waals surface area contributed by atoms with Crippen LogP contribution in [0.4, 0.5) is 0 Å². The minimum Gasteiger partial charge on any atom is -0.392 e. The third-order valence-electron chi connectivity index (χ3n) is 3.28. The number of hydrogen-bond donors (Lipinski definition) is 1. The van der Waals surface area contributed by atoms with Gasteiger partial charge in [-0.05, 0) is 19.1 Å². The molecule has 0 bridgehead atoms. The van der Waals surface area contributed by atoms with Crippen LogP contribution >= 0.6 is 11.8 Å². The fourth-order valence-electron chi connectivity index (χ4n) is 2.04. The smallest absolute Gasteiger partial charge is 0.0705 e. The van der Waals surface area contributed by atoms with Crippen LogP contribution in [0, 0.1) is 0 Å². The van der Waals surface area contributed by atoms with Crippen LogP contribution in [0.3, 0.4) is 0 Å². The number of nitrogens with zero attached hydrogens (tertiary/aromatic N) is 1. The Bertz CT molecular complexity index is 541. The molecule has 19 heavy (non-hydrogen) atoms. The molecule has 1 aromatic carbocycles. The number of aliphatic hydroxyl groups is 1. The summed E-state index contributed by atoms with van der Waals surface area (Å²) < 4.78 is 0. The third kappa shape index (κ3) is 3.95. The second-order valence-corrected chi connectivity index (χ2v) is 6.91. The molecule has 0 fully saturated rings. The highest BCUT2D eigenvalue weighted by Gasteiger charge is 2.14. The van der Waals surface area contributed by atoms with E-state index in [2.05, 4.69) is 38.1 Å². The quantitative estimate of drug-likeness (QED) is 0.904. The first-order chi connectivity index (χ1) is 9.06. The molecular weight excluding hydrogens is 254 g/mol. The molecule has 0 aliphatic rings. The van der Waals surface area contributed by atoms with Crippen molar-refractivity contribution < 1.29 is 5.11 Å². The van der Waals surface area contributed by atoms with Gasteiger partial charge in [-0.3, -0.25) is 4.98 Å². The van der Waals surface area contributed by atoms with E-state index in [-0.39, 0.29) is 11.4 Å². The minimum absolute atomic E-state index is 0.260. The maximum atomic E-state index is 9.54. The van der Waals surface area contributed by atoms with E-state index in [1.807, 2.05) is 30.8 Å². The van der Waals surface area contributed by atoms with Crippen LogP contribution < -0.4 is 0 Å². The Hall–Kier alpha value is -1.06. The average molecular weight is 275 g/mol. The Labute approximate surface area is 119 Å². The Balaban J connectivity index is 2.04. The maximum Gasteiger partial charge on any atom is 0.0705 e. The molecule has 3 heteroatoms. The van der Waals surface area contributed by atoms with Crippen molar-refractivity contribution in [3.8, 4) is 0 Å². The summed E-state index contributed by atoms with van der Waals surface area (Å²) in [6.45, 7) is 6.11. The monoisotopic (exact) mass is 275 g/mol. The molecule has 1 heterocycles. The Morgan fingerprint density at radius 2 is 1.84 bits per heavy atom. The second kappa shape index (κ2) is 6.40. The average Bonchev–Trinajstić information content (AvgIpc) is 2.38. The van der Waals surface area contributed by atoms with E-state index in [0.717, 1.165) is 17.6 Å².